The lowest BCUT2D eigenvalue weighted by Crippen LogP contribution is -2.41. The van der Waals surface area contributed by atoms with Gasteiger partial charge in [0.15, 0.2) is 5.96 Å². The number of nitrogens with zero attached hydrogens (tertiary/aromatic N) is 2. The van der Waals surface area contributed by atoms with Gasteiger partial charge in [-0.1, -0.05) is 25.1 Å². The van der Waals surface area contributed by atoms with E-state index in [-0.39, 0.29) is 0 Å². The summed E-state index contributed by atoms with van der Waals surface area (Å²) in [5, 5.41) is 6.72. The van der Waals surface area contributed by atoms with Gasteiger partial charge in [0.05, 0.1) is 7.11 Å². The summed E-state index contributed by atoms with van der Waals surface area (Å²) in [6.45, 7) is 6.03. The Hall–Kier alpha value is -1.75. The molecule has 1 saturated carbocycles. The van der Waals surface area contributed by atoms with Crippen molar-refractivity contribution in [1.29, 1.82) is 0 Å². The van der Waals surface area contributed by atoms with Crippen LogP contribution in [0.5, 0.6) is 5.75 Å². The van der Waals surface area contributed by atoms with Crippen molar-refractivity contribution in [3.05, 3.63) is 29.8 Å². The highest BCUT2D eigenvalue weighted by Crippen LogP contribution is 2.25. The van der Waals surface area contributed by atoms with Gasteiger partial charge in [0.1, 0.15) is 5.75 Å². The Morgan fingerprint density at radius 3 is 2.73 bits per heavy atom. The normalized spacial score (nSPS) is 15.0. The molecule has 1 aliphatic carbocycles. The molecule has 1 aliphatic rings. The Bertz CT molecular complexity index is 485. The van der Waals surface area contributed by atoms with Gasteiger partial charge in [-0.3, -0.25) is 9.89 Å². The number of benzene rings is 1. The number of nitrogens with one attached hydrogen (secondary N) is 2. The van der Waals surface area contributed by atoms with Gasteiger partial charge in [0.25, 0.3) is 0 Å². The molecule has 0 bridgehead atoms. The number of ether oxygens (including phenoxy) is 1. The number of hydrogen-bond donors (Lipinski definition) is 2. The Morgan fingerprint density at radius 1 is 1.32 bits per heavy atom. The zero-order chi connectivity index (χ0) is 15.8. The number of para-hydroxylation sites is 1. The first-order valence-electron chi connectivity index (χ1n) is 8.09. The first-order chi connectivity index (χ1) is 10.8. The summed E-state index contributed by atoms with van der Waals surface area (Å²) in [6.07, 6.45) is 2.71. The van der Waals surface area contributed by atoms with Crippen molar-refractivity contribution < 1.29 is 4.74 Å². The number of guanidine groups is 1. The van der Waals surface area contributed by atoms with E-state index in [1.165, 1.54) is 12.8 Å². The highest BCUT2D eigenvalue weighted by atomic mass is 16.5. The molecule has 5 nitrogen and oxygen atoms in total. The molecule has 0 aromatic heterocycles. The van der Waals surface area contributed by atoms with Crippen molar-refractivity contribution in [2.75, 3.05) is 33.8 Å². The Balaban J connectivity index is 1.75. The second-order valence-corrected chi connectivity index (χ2v) is 5.52. The molecule has 2 N–H and O–H groups in total. The fourth-order valence-corrected chi connectivity index (χ4v) is 2.61. The standard InChI is InChI=1S/C17H28N4O/c1-4-21(15-9-10-15)12-11-19-17(18-2)20-13-14-7-5-6-8-16(14)22-3/h5-8,15H,4,9-13H2,1-3H3,(H2,18,19,20). The minimum absolute atomic E-state index is 0.698. The van der Waals surface area contributed by atoms with Crippen LogP contribution in [0.1, 0.15) is 25.3 Å². The van der Waals surface area contributed by atoms with E-state index >= 15 is 0 Å². The lowest BCUT2D eigenvalue weighted by Gasteiger charge is -2.21. The van der Waals surface area contributed by atoms with Gasteiger partial charge in [-0.2, -0.15) is 0 Å². The zero-order valence-corrected chi connectivity index (χ0v) is 13.9. The summed E-state index contributed by atoms with van der Waals surface area (Å²) in [7, 11) is 3.50. The highest BCUT2D eigenvalue weighted by Gasteiger charge is 2.27. The van der Waals surface area contributed by atoms with Gasteiger partial charge in [0.2, 0.25) is 0 Å². The second-order valence-electron chi connectivity index (χ2n) is 5.52. The van der Waals surface area contributed by atoms with E-state index < -0.39 is 0 Å². The van der Waals surface area contributed by atoms with Crippen LogP contribution in [0.3, 0.4) is 0 Å². The minimum Gasteiger partial charge on any atom is -0.496 e. The molecular weight excluding hydrogens is 276 g/mol. The monoisotopic (exact) mass is 304 g/mol. The van der Waals surface area contributed by atoms with Gasteiger partial charge in [-0.25, -0.2) is 0 Å². The lowest BCUT2D eigenvalue weighted by atomic mass is 10.2. The molecule has 0 aliphatic heterocycles. The van der Waals surface area contributed by atoms with Gasteiger partial charge in [-0.05, 0) is 25.5 Å². The second kappa shape index (κ2) is 8.63. The lowest BCUT2D eigenvalue weighted by molar-refractivity contribution is 0.282. The molecule has 1 fully saturated rings. The molecule has 1 aromatic rings. The molecule has 122 valence electrons. The van der Waals surface area contributed by atoms with Crippen molar-refractivity contribution in [2.24, 2.45) is 4.99 Å². The van der Waals surface area contributed by atoms with Crippen LogP contribution in [-0.4, -0.2) is 50.7 Å². The number of methoxy groups -OCH3 is 1. The Labute approximate surface area is 133 Å². The summed E-state index contributed by atoms with van der Waals surface area (Å²) in [4.78, 5) is 6.81. The van der Waals surface area contributed by atoms with E-state index in [0.717, 1.165) is 42.9 Å². The molecule has 0 radical (unpaired) electrons. The van der Waals surface area contributed by atoms with Gasteiger partial charge >= 0.3 is 0 Å². The Morgan fingerprint density at radius 2 is 2.09 bits per heavy atom. The summed E-state index contributed by atoms with van der Waals surface area (Å²) in [5.41, 5.74) is 1.13. The van der Waals surface area contributed by atoms with Crippen LogP contribution in [0.25, 0.3) is 0 Å². The van der Waals surface area contributed by atoms with Crippen LogP contribution in [0.15, 0.2) is 29.3 Å². The number of rotatable bonds is 8. The first kappa shape index (κ1) is 16.6. The molecule has 0 heterocycles. The van der Waals surface area contributed by atoms with Crippen molar-refractivity contribution >= 4 is 5.96 Å². The smallest absolute Gasteiger partial charge is 0.191 e. The molecule has 1 aromatic carbocycles. The van der Waals surface area contributed by atoms with E-state index in [1.807, 2.05) is 18.2 Å². The van der Waals surface area contributed by atoms with Crippen molar-refractivity contribution in [2.45, 2.75) is 32.4 Å². The van der Waals surface area contributed by atoms with E-state index in [0.29, 0.717) is 6.54 Å². The third kappa shape index (κ3) is 4.91. The average molecular weight is 304 g/mol. The molecular formula is C17H28N4O. The van der Waals surface area contributed by atoms with Crippen LogP contribution in [0.4, 0.5) is 0 Å². The molecule has 0 saturated heterocycles. The molecule has 0 atom stereocenters. The number of likely N-dealkylation sites (N-methyl/N-ethyl adjacent to an activating group) is 1. The van der Waals surface area contributed by atoms with Crippen LogP contribution >= 0.6 is 0 Å². The summed E-state index contributed by atoms with van der Waals surface area (Å²) in [5.74, 6) is 1.73. The van der Waals surface area contributed by atoms with Crippen LogP contribution in [0.2, 0.25) is 0 Å². The van der Waals surface area contributed by atoms with Crippen molar-refractivity contribution in [1.82, 2.24) is 15.5 Å². The summed E-state index contributed by atoms with van der Waals surface area (Å²) >= 11 is 0. The van der Waals surface area contributed by atoms with Gasteiger partial charge in [-0.15, -0.1) is 0 Å². The predicted molar refractivity (Wildman–Crippen MR) is 91.5 cm³/mol. The van der Waals surface area contributed by atoms with Crippen molar-refractivity contribution in [3.8, 4) is 5.75 Å². The summed E-state index contributed by atoms with van der Waals surface area (Å²) < 4.78 is 5.36. The maximum absolute atomic E-state index is 5.36. The minimum atomic E-state index is 0.698. The zero-order valence-electron chi connectivity index (χ0n) is 13.9. The predicted octanol–water partition coefficient (Wildman–Crippen LogP) is 1.84. The third-order valence-corrected chi connectivity index (χ3v) is 4.02. The quantitative estimate of drug-likeness (QED) is 0.568. The van der Waals surface area contributed by atoms with E-state index in [9.17, 15) is 0 Å². The fraction of sp³-hybridized carbons (Fsp3) is 0.588. The third-order valence-electron chi connectivity index (χ3n) is 4.02. The fourth-order valence-electron chi connectivity index (χ4n) is 2.61. The molecule has 5 heteroatoms. The topological polar surface area (TPSA) is 48.9 Å². The highest BCUT2D eigenvalue weighted by molar-refractivity contribution is 5.79. The number of hydrogen-bond acceptors (Lipinski definition) is 3. The molecule has 2 rings (SSSR count). The average Bonchev–Trinajstić information content (AvgIpc) is 3.39. The largest absolute Gasteiger partial charge is 0.496 e. The number of aliphatic imine (C=N–C) groups is 1. The van der Waals surface area contributed by atoms with Crippen LogP contribution in [0, 0.1) is 0 Å². The molecule has 0 spiro atoms. The van der Waals surface area contributed by atoms with E-state index in [2.05, 4.69) is 33.5 Å². The van der Waals surface area contributed by atoms with E-state index in [1.54, 1.807) is 14.2 Å². The maximum atomic E-state index is 5.36. The van der Waals surface area contributed by atoms with Crippen molar-refractivity contribution in [3.63, 3.8) is 0 Å². The molecule has 22 heavy (non-hydrogen) atoms. The molecule has 0 unspecified atom stereocenters. The summed E-state index contributed by atoms with van der Waals surface area (Å²) in [6, 6.07) is 8.85. The van der Waals surface area contributed by atoms with Crippen LogP contribution in [-0.2, 0) is 6.54 Å². The van der Waals surface area contributed by atoms with Crippen LogP contribution < -0.4 is 15.4 Å². The Kier molecular flexibility index (Phi) is 6.52. The SMILES string of the molecule is CCN(CCNC(=NC)NCc1ccccc1OC)C1CC1. The van der Waals surface area contributed by atoms with E-state index in [4.69, 9.17) is 4.74 Å². The van der Waals surface area contributed by atoms with Gasteiger partial charge < -0.3 is 15.4 Å². The maximum Gasteiger partial charge on any atom is 0.191 e. The molecule has 0 amide bonds. The van der Waals surface area contributed by atoms with Gasteiger partial charge in [0, 0.05) is 38.3 Å². The first-order valence-corrected chi connectivity index (χ1v) is 8.09.